The predicted molar refractivity (Wildman–Crippen MR) is 77.1 cm³/mol. The number of benzene rings is 1. The quantitative estimate of drug-likeness (QED) is 0.475. The molecule has 0 aliphatic heterocycles. The van der Waals surface area contributed by atoms with Crippen LogP contribution in [0.2, 0.25) is 0 Å². The second kappa shape index (κ2) is 6.32. The van der Waals surface area contributed by atoms with Crippen LogP contribution in [-0.4, -0.2) is 21.7 Å². The lowest BCUT2D eigenvalue weighted by molar-refractivity contribution is -0.562. The number of nitrogens with one attached hydrogen (secondary N) is 1. The van der Waals surface area contributed by atoms with Gasteiger partial charge in [-0.1, -0.05) is 42.5 Å². The van der Waals surface area contributed by atoms with Gasteiger partial charge in [0.1, 0.15) is 0 Å². The van der Waals surface area contributed by atoms with Crippen molar-refractivity contribution in [3.8, 4) is 0 Å². The predicted octanol–water partition coefficient (Wildman–Crippen LogP) is 2.11. The molecule has 0 heterocycles. The Morgan fingerprint density at radius 2 is 2.10 bits per heavy atom. The molecular weight excluding hydrogens is 272 g/mol. The molecule has 21 heavy (non-hydrogen) atoms. The van der Waals surface area contributed by atoms with Crippen molar-refractivity contribution in [3.05, 3.63) is 69.8 Å². The van der Waals surface area contributed by atoms with Crippen molar-refractivity contribution in [3.63, 3.8) is 0 Å². The topological polar surface area (TPSA) is 92.5 Å². The van der Waals surface area contributed by atoms with Crippen molar-refractivity contribution < 1.29 is 14.8 Å². The van der Waals surface area contributed by atoms with Gasteiger partial charge in [-0.2, -0.15) is 0 Å². The molecular formula is C15H16N2O4. The van der Waals surface area contributed by atoms with Gasteiger partial charge in [0.15, 0.2) is 0 Å². The Bertz CT molecular complexity index is 595. The number of hydrogen-bond donors (Lipinski definition) is 2. The lowest BCUT2D eigenvalue weighted by Gasteiger charge is -2.25. The number of hydrogen-bond acceptors (Lipinski definition) is 4. The van der Waals surface area contributed by atoms with Crippen molar-refractivity contribution in [2.45, 2.75) is 25.0 Å². The van der Waals surface area contributed by atoms with Crippen molar-refractivity contribution in [1.82, 2.24) is 5.32 Å². The molecule has 2 N–H and O–H groups in total. The van der Waals surface area contributed by atoms with Gasteiger partial charge in [0.05, 0.1) is 12.8 Å². The van der Waals surface area contributed by atoms with Gasteiger partial charge in [0.25, 0.3) is 5.66 Å². The van der Waals surface area contributed by atoms with E-state index in [1.165, 1.54) is 12.2 Å². The molecule has 0 bridgehead atoms. The Balaban J connectivity index is 2.07. The van der Waals surface area contributed by atoms with Crippen molar-refractivity contribution >= 4 is 5.97 Å². The lowest BCUT2D eigenvalue weighted by Crippen LogP contribution is -2.50. The summed E-state index contributed by atoms with van der Waals surface area (Å²) in [6, 6.07) is 9.40. The highest BCUT2D eigenvalue weighted by Crippen LogP contribution is 2.24. The van der Waals surface area contributed by atoms with Crippen LogP contribution in [0.4, 0.5) is 0 Å². The zero-order valence-electron chi connectivity index (χ0n) is 11.4. The highest BCUT2D eigenvalue weighted by atomic mass is 16.6. The van der Waals surface area contributed by atoms with E-state index in [0.29, 0.717) is 12.1 Å². The van der Waals surface area contributed by atoms with E-state index in [1.54, 1.807) is 6.08 Å². The van der Waals surface area contributed by atoms with E-state index in [2.05, 4.69) is 5.32 Å². The van der Waals surface area contributed by atoms with Crippen LogP contribution in [0.3, 0.4) is 0 Å². The second-order valence-corrected chi connectivity index (χ2v) is 4.91. The molecule has 0 aromatic heterocycles. The van der Waals surface area contributed by atoms with E-state index >= 15 is 0 Å². The molecule has 1 aliphatic carbocycles. The van der Waals surface area contributed by atoms with Gasteiger partial charge >= 0.3 is 5.97 Å². The summed E-state index contributed by atoms with van der Waals surface area (Å²) in [6.07, 6.45) is 4.57. The first-order chi connectivity index (χ1) is 10.0. The third kappa shape index (κ3) is 3.76. The summed E-state index contributed by atoms with van der Waals surface area (Å²) in [4.78, 5) is 21.6. The molecule has 1 aromatic carbocycles. The molecule has 0 saturated carbocycles. The first-order valence-electron chi connectivity index (χ1n) is 6.55. The summed E-state index contributed by atoms with van der Waals surface area (Å²) in [7, 11) is 0. The van der Waals surface area contributed by atoms with Crippen LogP contribution in [0.5, 0.6) is 0 Å². The smallest absolute Gasteiger partial charge is 0.307 e. The van der Waals surface area contributed by atoms with E-state index in [0.717, 1.165) is 5.56 Å². The van der Waals surface area contributed by atoms with E-state index in [9.17, 15) is 14.9 Å². The number of nitro groups is 1. The fourth-order valence-corrected chi connectivity index (χ4v) is 2.16. The van der Waals surface area contributed by atoms with Crippen LogP contribution in [0.15, 0.2) is 54.1 Å². The zero-order chi connectivity index (χ0) is 15.3. The Hall–Kier alpha value is -2.47. The number of allylic oxidation sites excluding steroid dienone is 1. The van der Waals surface area contributed by atoms with Gasteiger partial charge in [-0.15, -0.1) is 0 Å². The highest BCUT2D eigenvalue weighted by Gasteiger charge is 2.40. The number of nitrogens with zero attached hydrogens (tertiary/aromatic N) is 1. The van der Waals surface area contributed by atoms with Gasteiger partial charge in [-0.3, -0.25) is 14.9 Å². The average molecular weight is 288 g/mol. The van der Waals surface area contributed by atoms with E-state index < -0.39 is 11.6 Å². The Morgan fingerprint density at radius 3 is 2.62 bits per heavy atom. The van der Waals surface area contributed by atoms with Crippen molar-refractivity contribution in [2.75, 3.05) is 0 Å². The summed E-state index contributed by atoms with van der Waals surface area (Å²) in [5.74, 6) is -0.947. The number of carboxylic acids is 1. The summed E-state index contributed by atoms with van der Waals surface area (Å²) in [5, 5.41) is 23.1. The number of carbonyl (C=O) groups is 1. The molecule has 1 atom stereocenters. The number of rotatable bonds is 6. The summed E-state index contributed by atoms with van der Waals surface area (Å²) < 4.78 is 0. The minimum Gasteiger partial charge on any atom is -0.481 e. The fourth-order valence-electron chi connectivity index (χ4n) is 2.16. The third-order valence-corrected chi connectivity index (χ3v) is 3.37. The van der Waals surface area contributed by atoms with E-state index in [1.807, 2.05) is 30.3 Å². The molecule has 6 heteroatoms. The zero-order valence-corrected chi connectivity index (χ0v) is 11.4. The van der Waals surface area contributed by atoms with Crippen LogP contribution >= 0.6 is 0 Å². The minimum absolute atomic E-state index is 0.122. The van der Waals surface area contributed by atoms with Gasteiger partial charge < -0.3 is 5.11 Å². The monoisotopic (exact) mass is 288 g/mol. The van der Waals surface area contributed by atoms with Gasteiger partial charge in [-0.25, -0.2) is 5.32 Å². The molecule has 0 radical (unpaired) electrons. The highest BCUT2D eigenvalue weighted by molar-refractivity contribution is 5.71. The Labute approximate surface area is 121 Å². The van der Waals surface area contributed by atoms with E-state index in [4.69, 9.17) is 5.11 Å². The second-order valence-electron chi connectivity index (χ2n) is 4.91. The first kappa shape index (κ1) is 14.9. The summed E-state index contributed by atoms with van der Waals surface area (Å²) in [5.41, 5.74) is 0.159. The van der Waals surface area contributed by atoms with Crippen LogP contribution in [0.1, 0.15) is 18.4 Å². The maximum absolute atomic E-state index is 11.4. The molecule has 6 nitrogen and oxygen atoms in total. The van der Waals surface area contributed by atoms with Gasteiger partial charge in [0.2, 0.25) is 0 Å². The molecule has 0 fully saturated rings. The first-order valence-corrected chi connectivity index (χ1v) is 6.55. The molecule has 0 spiro atoms. The molecule has 110 valence electrons. The summed E-state index contributed by atoms with van der Waals surface area (Å²) >= 11 is 0. The number of carboxylic acid groups (broad SMARTS) is 1. The lowest BCUT2D eigenvalue weighted by atomic mass is 9.95. The molecule has 1 aliphatic rings. The largest absolute Gasteiger partial charge is 0.481 e. The molecule has 0 saturated heterocycles. The Kier molecular flexibility index (Phi) is 4.49. The maximum Gasteiger partial charge on any atom is 0.307 e. The molecule has 1 aromatic rings. The van der Waals surface area contributed by atoms with Crippen LogP contribution in [0.25, 0.3) is 0 Å². The maximum atomic E-state index is 11.4. The van der Waals surface area contributed by atoms with Gasteiger partial charge in [-0.05, 0) is 11.1 Å². The third-order valence-electron chi connectivity index (χ3n) is 3.37. The Morgan fingerprint density at radius 1 is 1.38 bits per heavy atom. The van der Waals surface area contributed by atoms with Crippen molar-refractivity contribution in [1.29, 1.82) is 0 Å². The normalized spacial score (nSPS) is 20.9. The standard InChI is InChI=1S/C15H16N2O4/c18-14(19)10-12-6-8-15(9-7-12,17(20)21)16-11-13-4-2-1-3-5-13/h1-8,16H,9-11H2,(H,18,19). The van der Waals surface area contributed by atoms with Gasteiger partial charge in [0, 0.05) is 17.5 Å². The fraction of sp³-hybridized carbons (Fsp3) is 0.267. The average Bonchev–Trinajstić information content (AvgIpc) is 2.47. The summed E-state index contributed by atoms with van der Waals surface area (Å²) in [6.45, 7) is 0.369. The molecule has 1 unspecified atom stereocenters. The van der Waals surface area contributed by atoms with Crippen LogP contribution < -0.4 is 5.32 Å². The minimum atomic E-state index is -1.38. The SMILES string of the molecule is O=C(O)CC1=CCC(NCc2ccccc2)([N+](=O)[O-])C=C1. The van der Waals surface area contributed by atoms with E-state index in [-0.39, 0.29) is 17.8 Å². The number of aliphatic carboxylic acids is 1. The van der Waals surface area contributed by atoms with Crippen LogP contribution in [0, 0.1) is 10.1 Å². The molecule has 2 rings (SSSR count). The molecule has 0 amide bonds. The van der Waals surface area contributed by atoms with Crippen molar-refractivity contribution in [2.24, 2.45) is 0 Å². The van der Waals surface area contributed by atoms with Crippen LogP contribution in [-0.2, 0) is 11.3 Å².